The second kappa shape index (κ2) is 8.96. The molecule has 0 aromatic heterocycles. The minimum absolute atomic E-state index is 0.191. The standard InChI is InChI=1S/C22H27N3O4/c1-15-13-16(5-7-19(15)25-9-11-29-12-10-25)21(26)23-17-6-8-20(28-4)18(14-17)22(27)24(2)3/h5-8,13-14H,9-12H2,1-4H3,(H,23,26). The van der Waals surface area contributed by atoms with Crippen molar-refractivity contribution < 1.29 is 19.1 Å². The molecule has 29 heavy (non-hydrogen) atoms. The van der Waals surface area contributed by atoms with Crippen molar-refractivity contribution in [2.45, 2.75) is 6.92 Å². The van der Waals surface area contributed by atoms with Crippen LogP contribution in [0.2, 0.25) is 0 Å². The van der Waals surface area contributed by atoms with Gasteiger partial charge in [-0.15, -0.1) is 0 Å². The molecule has 1 N–H and O–H groups in total. The van der Waals surface area contributed by atoms with E-state index in [9.17, 15) is 9.59 Å². The summed E-state index contributed by atoms with van der Waals surface area (Å²) in [6, 6.07) is 10.7. The molecule has 1 saturated heterocycles. The molecule has 0 atom stereocenters. The molecule has 2 aromatic carbocycles. The van der Waals surface area contributed by atoms with E-state index in [0.29, 0.717) is 35.8 Å². The van der Waals surface area contributed by atoms with Crippen LogP contribution in [0.25, 0.3) is 0 Å². The van der Waals surface area contributed by atoms with E-state index in [2.05, 4.69) is 10.2 Å². The summed E-state index contributed by atoms with van der Waals surface area (Å²) < 4.78 is 10.7. The summed E-state index contributed by atoms with van der Waals surface area (Å²) in [7, 11) is 4.86. The zero-order valence-corrected chi connectivity index (χ0v) is 17.3. The van der Waals surface area contributed by atoms with E-state index < -0.39 is 0 Å². The Hall–Kier alpha value is -3.06. The molecule has 7 heteroatoms. The number of morpholine rings is 1. The predicted octanol–water partition coefficient (Wildman–Crippen LogP) is 2.79. The molecule has 0 spiro atoms. The summed E-state index contributed by atoms with van der Waals surface area (Å²) in [5.74, 6) is 0.0473. The van der Waals surface area contributed by atoms with Crippen molar-refractivity contribution in [3.05, 3.63) is 53.1 Å². The fraction of sp³-hybridized carbons (Fsp3) is 0.364. The zero-order valence-electron chi connectivity index (χ0n) is 17.3. The lowest BCUT2D eigenvalue weighted by Gasteiger charge is -2.30. The molecule has 3 rings (SSSR count). The Morgan fingerprint density at radius 1 is 1.10 bits per heavy atom. The largest absolute Gasteiger partial charge is 0.496 e. The molecular weight excluding hydrogens is 370 g/mol. The Bertz CT molecular complexity index is 905. The van der Waals surface area contributed by atoms with E-state index in [1.54, 1.807) is 32.3 Å². The van der Waals surface area contributed by atoms with Gasteiger partial charge in [-0.1, -0.05) is 0 Å². The smallest absolute Gasteiger partial charge is 0.257 e. The SMILES string of the molecule is COc1ccc(NC(=O)c2ccc(N3CCOCC3)c(C)c2)cc1C(=O)N(C)C. The number of ether oxygens (including phenoxy) is 2. The van der Waals surface area contributed by atoms with Crippen LogP contribution in [0, 0.1) is 6.92 Å². The van der Waals surface area contributed by atoms with Crippen molar-refractivity contribution in [3.63, 3.8) is 0 Å². The quantitative estimate of drug-likeness (QED) is 0.840. The van der Waals surface area contributed by atoms with Gasteiger partial charge in [-0.05, 0) is 48.9 Å². The lowest BCUT2D eigenvalue weighted by molar-refractivity contribution is 0.0824. The van der Waals surface area contributed by atoms with Crippen LogP contribution in [0.4, 0.5) is 11.4 Å². The van der Waals surface area contributed by atoms with Crippen LogP contribution >= 0.6 is 0 Å². The van der Waals surface area contributed by atoms with Gasteiger partial charge in [-0.25, -0.2) is 0 Å². The molecule has 2 aromatic rings. The van der Waals surface area contributed by atoms with Crippen LogP contribution in [0.15, 0.2) is 36.4 Å². The normalized spacial score (nSPS) is 13.7. The second-order valence-electron chi connectivity index (χ2n) is 7.17. The number of nitrogens with one attached hydrogen (secondary N) is 1. The molecule has 7 nitrogen and oxygen atoms in total. The minimum Gasteiger partial charge on any atom is -0.496 e. The van der Waals surface area contributed by atoms with Crippen molar-refractivity contribution >= 4 is 23.2 Å². The topological polar surface area (TPSA) is 71.1 Å². The average Bonchev–Trinajstić information content (AvgIpc) is 2.73. The maximum absolute atomic E-state index is 12.8. The molecule has 154 valence electrons. The first-order valence-corrected chi connectivity index (χ1v) is 9.55. The van der Waals surface area contributed by atoms with Crippen LogP contribution in [-0.2, 0) is 4.74 Å². The first kappa shape index (κ1) is 20.7. The summed E-state index contributed by atoms with van der Waals surface area (Å²) in [6.45, 7) is 5.13. The van der Waals surface area contributed by atoms with E-state index >= 15 is 0 Å². The monoisotopic (exact) mass is 397 g/mol. The number of hydrogen-bond acceptors (Lipinski definition) is 5. The Morgan fingerprint density at radius 2 is 1.83 bits per heavy atom. The first-order valence-electron chi connectivity index (χ1n) is 9.55. The highest BCUT2D eigenvalue weighted by molar-refractivity contribution is 6.06. The molecule has 1 aliphatic rings. The van der Waals surface area contributed by atoms with Gasteiger partial charge in [0.2, 0.25) is 0 Å². The number of aryl methyl sites for hydroxylation is 1. The first-order chi connectivity index (χ1) is 13.9. The minimum atomic E-state index is -0.227. The van der Waals surface area contributed by atoms with Crippen LogP contribution < -0.4 is 15.0 Å². The van der Waals surface area contributed by atoms with E-state index in [1.807, 2.05) is 25.1 Å². The molecule has 0 aliphatic carbocycles. The third-order valence-corrected chi connectivity index (χ3v) is 4.90. The second-order valence-corrected chi connectivity index (χ2v) is 7.17. The van der Waals surface area contributed by atoms with Crippen molar-refractivity contribution in [2.75, 3.05) is 57.7 Å². The maximum Gasteiger partial charge on any atom is 0.257 e. The fourth-order valence-corrected chi connectivity index (χ4v) is 3.35. The third-order valence-electron chi connectivity index (χ3n) is 4.90. The number of anilines is 2. The van der Waals surface area contributed by atoms with E-state index in [4.69, 9.17) is 9.47 Å². The van der Waals surface area contributed by atoms with Crippen LogP contribution in [-0.4, -0.2) is 64.2 Å². The fourth-order valence-electron chi connectivity index (χ4n) is 3.35. The number of nitrogens with zero attached hydrogens (tertiary/aromatic N) is 2. The van der Waals surface area contributed by atoms with Crippen LogP contribution in [0.1, 0.15) is 26.3 Å². The van der Waals surface area contributed by atoms with Gasteiger partial charge in [0.1, 0.15) is 5.75 Å². The van der Waals surface area contributed by atoms with Gasteiger partial charge >= 0.3 is 0 Å². The van der Waals surface area contributed by atoms with Crippen molar-refractivity contribution in [2.24, 2.45) is 0 Å². The maximum atomic E-state index is 12.8. The number of benzene rings is 2. The van der Waals surface area contributed by atoms with Gasteiger partial charge in [-0.3, -0.25) is 9.59 Å². The van der Waals surface area contributed by atoms with Crippen molar-refractivity contribution in [3.8, 4) is 5.75 Å². The number of carbonyl (C=O) groups is 2. The molecule has 1 heterocycles. The third kappa shape index (κ3) is 4.68. The number of rotatable bonds is 5. The average molecular weight is 397 g/mol. The number of carbonyl (C=O) groups excluding carboxylic acids is 2. The van der Waals surface area contributed by atoms with Gasteiger partial charge < -0.3 is 24.6 Å². The predicted molar refractivity (Wildman–Crippen MR) is 113 cm³/mol. The Balaban J connectivity index is 1.78. The van der Waals surface area contributed by atoms with Crippen molar-refractivity contribution in [1.82, 2.24) is 4.90 Å². The Morgan fingerprint density at radius 3 is 2.45 bits per heavy atom. The van der Waals surface area contributed by atoms with Gasteiger partial charge in [-0.2, -0.15) is 0 Å². The summed E-state index contributed by atoms with van der Waals surface area (Å²) in [5, 5.41) is 2.87. The van der Waals surface area contributed by atoms with Gasteiger partial charge in [0.25, 0.3) is 11.8 Å². The summed E-state index contributed by atoms with van der Waals surface area (Å²) >= 11 is 0. The molecule has 0 unspecified atom stereocenters. The summed E-state index contributed by atoms with van der Waals surface area (Å²) in [4.78, 5) is 28.9. The van der Waals surface area contributed by atoms with Crippen LogP contribution in [0.3, 0.4) is 0 Å². The zero-order chi connectivity index (χ0) is 21.0. The Kier molecular flexibility index (Phi) is 6.39. The van der Waals surface area contributed by atoms with Gasteiger partial charge in [0.15, 0.2) is 0 Å². The van der Waals surface area contributed by atoms with Crippen molar-refractivity contribution in [1.29, 1.82) is 0 Å². The lowest BCUT2D eigenvalue weighted by Crippen LogP contribution is -2.36. The highest BCUT2D eigenvalue weighted by Gasteiger charge is 2.18. The number of hydrogen-bond donors (Lipinski definition) is 1. The highest BCUT2D eigenvalue weighted by atomic mass is 16.5. The molecule has 0 radical (unpaired) electrons. The van der Waals surface area contributed by atoms with Gasteiger partial charge in [0, 0.05) is 44.1 Å². The van der Waals surface area contributed by atoms with E-state index in [0.717, 1.165) is 24.3 Å². The Labute approximate surface area is 171 Å². The molecular formula is C22H27N3O4. The van der Waals surface area contributed by atoms with E-state index in [1.165, 1.54) is 12.0 Å². The van der Waals surface area contributed by atoms with Crippen LogP contribution in [0.5, 0.6) is 5.75 Å². The summed E-state index contributed by atoms with van der Waals surface area (Å²) in [6.07, 6.45) is 0. The highest BCUT2D eigenvalue weighted by Crippen LogP contribution is 2.25. The number of methoxy groups -OCH3 is 1. The molecule has 0 bridgehead atoms. The molecule has 1 fully saturated rings. The lowest BCUT2D eigenvalue weighted by atomic mass is 10.1. The summed E-state index contributed by atoms with van der Waals surface area (Å²) in [5.41, 5.74) is 3.66. The van der Waals surface area contributed by atoms with E-state index in [-0.39, 0.29) is 11.8 Å². The molecule has 0 saturated carbocycles. The molecule has 2 amide bonds. The van der Waals surface area contributed by atoms with Gasteiger partial charge in [0.05, 0.1) is 25.9 Å². The number of amides is 2. The molecule has 1 aliphatic heterocycles.